The van der Waals surface area contributed by atoms with Crippen molar-refractivity contribution >= 4 is 27.5 Å². The highest BCUT2D eigenvalue weighted by Gasteiger charge is 2.25. The van der Waals surface area contributed by atoms with Crippen molar-refractivity contribution in [3.8, 4) is 0 Å². The molecule has 0 spiro atoms. The molecular weight excluding hydrogens is 623 g/mol. The summed E-state index contributed by atoms with van der Waals surface area (Å²) in [5, 5.41) is 15.9. The Balaban J connectivity index is 0.00000507. The van der Waals surface area contributed by atoms with Crippen LogP contribution in [0.1, 0.15) is 24.0 Å². The van der Waals surface area contributed by atoms with Crippen LogP contribution in [0.2, 0.25) is 0 Å². The molecule has 0 bridgehead atoms. The van der Waals surface area contributed by atoms with Crippen LogP contribution in [0, 0.1) is 5.21 Å². The number of nitrogens with one attached hydrogen (secondary N) is 3. The van der Waals surface area contributed by atoms with E-state index in [1.807, 2.05) is 18.2 Å². The maximum absolute atomic E-state index is 12.8. The SMILES string of the molecule is O=C(CNC(=O)[C@@H](COCC1=CC=CCC1)NS(=O)(=O)Cc1ccccc1)NCc1ccc([NH2+][O-])cc1.[I-]. The zero-order chi connectivity index (χ0) is 26.5. The molecule has 0 radical (unpaired) electrons. The second kappa shape index (κ2) is 16.4. The Kier molecular flexibility index (Phi) is 13.6. The summed E-state index contributed by atoms with van der Waals surface area (Å²) in [4.78, 5) is 25.1. The van der Waals surface area contributed by atoms with E-state index in [1.54, 1.807) is 54.6 Å². The normalized spacial score (nSPS) is 13.7. The maximum Gasteiger partial charge on any atom is 0.240 e. The van der Waals surface area contributed by atoms with Crippen LogP contribution in [0.4, 0.5) is 5.69 Å². The Labute approximate surface area is 240 Å². The number of sulfonamides is 1. The number of carbonyl (C=O) groups excluding carboxylic acids is 2. The van der Waals surface area contributed by atoms with E-state index in [0.717, 1.165) is 29.5 Å². The molecular formula is C26H32IN4O6S-. The molecule has 0 fully saturated rings. The zero-order valence-corrected chi connectivity index (χ0v) is 23.7. The van der Waals surface area contributed by atoms with Crippen LogP contribution in [0.25, 0.3) is 0 Å². The Morgan fingerprint density at radius 1 is 1.03 bits per heavy atom. The monoisotopic (exact) mass is 655 g/mol. The third-order valence-electron chi connectivity index (χ3n) is 5.54. The molecule has 0 aliphatic heterocycles. The predicted molar refractivity (Wildman–Crippen MR) is 140 cm³/mol. The topological polar surface area (TPSA) is 153 Å². The molecule has 0 saturated heterocycles. The summed E-state index contributed by atoms with van der Waals surface area (Å²) in [6, 6.07) is 14.1. The van der Waals surface area contributed by atoms with Gasteiger partial charge in [0.1, 0.15) is 11.7 Å². The quantitative estimate of drug-likeness (QED) is 0.104. The van der Waals surface area contributed by atoms with Crippen molar-refractivity contribution in [3.63, 3.8) is 0 Å². The van der Waals surface area contributed by atoms with Crippen LogP contribution in [0.5, 0.6) is 0 Å². The van der Waals surface area contributed by atoms with Crippen LogP contribution in [0.15, 0.2) is 78.4 Å². The fourth-order valence-corrected chi connectivity index (χ4v) is 4.89. The lowest BCUT2D eigenvalue weighted by molar-refractivity contribution is -0.497. The van der Waals surface area contributed by atoms with Gasteiger partial charge in [-0.3, -0.25) is 9.59 Å². The first kappa shape index (κ1) is 31.6. The van der Waals surface area contributed by atoms with Gasteiger partial charge in [-0.15, -0.1) is 0 Å². The highest BCUT2D eigenvalue weighted by molar-refractivity contribution is 7.88. The number of halogens is 1. The number of carbonyl (C=O) groups is 2. The predicted octanol–water partition coefficient (Wildman–Crippen LogP) is -2.10. The molecule has 206 valence electrons. The maximum atomic E-state index is 12.8. The molecule has 1 aliphatic rings. The summed E-state index contributed by atoms with van der Waals surface area (Å²) in [6.07, 6.45) is 7.66. The Morgan fingerprint density at radius 3 is 2.42 bits per heavy atom. The molecule has 5 N–H and O–H groups in total. The first-order valence-electron chi connectivity index (χ1n) is 11.9. The standard InChI is InChI=1S/C26H32N4O6S.HI/c31-25(27-15-20-11-13-23(29-33)14-12-20)16-28-26(32)24(18-36-17-21-7-3-1-4-8-21)30-37(34,35)19-22-9-5-2-6-10-22;/h1-3,5-7,9-14,24,30H,4,8,15-19,29H2,(H,27,31)(H,28,32);1H/p-1/t24-;/m1./s1. The van der Waals surface area contributed by atoms with Crippen LogP contribution in [-0.4, -0.2) is 46.0 Å². The second-order valence-electron chi connectivity index (χ2n) is 8.58. The van der Waals surface area contributed by atoms with Gasteiger partial charge in [-0.1, -0.05) is 60.7 Å². The summed E-state index contributed by atoms with van der Waals surface area (Å²) < 4.78 is 33.6. The van der Waals surface area contributed by atoms with Crippen molar-refractivity contribution in [1.82, 2.24) is 15.4 Å². The second-order valence-corrected chi connectivity index (χ2v) is 10.3. The minimum atomic E-state index is -3.87. The molecule has 10 nitrogen and oxygen atoms in total. The van der Waals surface area contributed by atoms with Crippen molar-refractivity contribution in [3.05, 3.63) is 94.7 Å². The Bertz CT molecular complexity index is 1200. The lowest BCUT2D eigenvalue weighted by atomic mass is 10.1. The molecule has 3 rings (SSSR count). The third-order valence-corrected chi connectivity index (χ3v) is 6.90. The average molecular weight is 656 g/mol. The average Bonchev–Trinajstić information content (AvgIpc) is 2.91. The molecule has 0 saturated carbocycles. The molecule has 0 unspecified atom stereocenters. The van der Waals surface area contributed by atoms with Gasteiger partial charge in [-0.25, -0.2) is 13.1 Å². The summed E-state index contributed by atoms with van der Waals surface area (Å²) >= 11 is 0. The number of quaternary nitrogens is 1. The number of hydrogen-bond acceptors (Lipinski definition) is 6. The summed E-state index contributed by atoms with van der Waals surface area (Å²) in [5.74, 6) is -1.41. The van der Waals surface area contributed by atoms with E-state index >= 15 is 0 Å². The van der Waals surface area contributed by atoms with Crippen molar-refractivity contribution < 1.29 is 52.2 Å². The highest BCUT2D eigenvalue weighted by atomic mass is 127. The van der Waals surface area contributed by atoms with Crippen LogP contribution in [0.3, 0.4) is 0 Å². The van der Waals surface area contributed by atoms with E-state index in [1.165, 1.54) is 0 Å². The van der Waals surface area contributed by atoms with E-state index in [2.05, 4.69) is 15.4 Å². The summed E-state index contributed by atoms with van der Waals surface area (Å²) in [6.45, 7) is -0.0325. The van der Waals surface area contributed by atoms with Gasteiger partial charge >= 0.3 is 0 Å². The van der Waals surface area contributed by atoms with Gasteiger partial charge in [0.2, 0.25) is 21.8 Å². The van der Waals surface area contributed by atoms with Crippen LogP contribution >= 0.6 is 0 Å². The fraction of sp³-hybridized carbons (Fsp3) is 0.308. The van der Waals surface area contributed by atoms with Crippen molar-refractivity contribution in [1.29, 1.82) is 0 Å². The number of amides is 2. The zero-order valence-electron chi connectivity index (χ0n) is 20.8. The molecule has 0 aromatic heterocycles. The van der Waals surface area contributed by atoms with Gasteiger partial charge < -0.3 is 50.0 Å². The molecule has 2 aromatic rings. The molecule has 1 aliphatic carbocycles. The number of hydrogen-bond donors (Lipinski definition) is 4. The molecule has 38 heavy (non-hydrogen) atoms. The van der Waals surface area contributed by atoms with Gasteiger partial charge in [0, 0.05) is 6.54 Å². The molecule has 2 amide bonds. The number of benzene rings is 2. The van der Waals surface area contributed by atoms with Gasteiger partial charge in [0.15, 0.2) is 0 Å². The number of rotatable bonds is 14. The van der Waals surface area contributed by atoms with E-state index in [9.17, 15) is 23.2 Å². The summed E-state index contributed by atoms with van der Waals surface area (Å²) in [7, 11) is -3.87. The van der Waals surface area contributed by atoms with Gasteiger partial charge in [0.25, 0.3) is 0 Å². The van der Waals surface area contributed by atoms with Crippen molar-refractivity contribution in [2.45, 2.75) is 31.2 Å². The number of ether oxygens (including phenoxy) is 1. The Morgan fingerprint density at radius 2 is 1.76 bits per heavy atom. The van der Waals surface area contributed by atoms with E-state index in [-0.39, 0.29) is 56.0 Å². The van der Waals surface area contributed by atoms with E-state index in [4.69, 9.17) is 4.74 Å². The van der Waals surface area contributed by atoms with Crippen molar-refractivity contribution in [2.24, 2.45) is 0 Å². The number of allylic oxidation sites excluding steroid dienone is 3. The minimum Gasteiger partial charge on any atom is -1.00 e. The van der Waals surface area contributed by atoms with E-state index in [0.29, 0.717) is 11.3 Å². The number of nitrogens with two attached hydrogens (primary N) is 1. The molecule has 2 aromatic carbocycles. The van der Waals surface area contributed by atoms with E-state index < -0.39 is 27.9 Å². The largest absolute Gasteiger partial charge is 1.00 e. The fourth-order valence-electron chi connectivity index (χ4n) is 3.56. The highest BCUT2D eigenvalue weighted by Crippen LogP contribution is 2.12. The smallest absolute Gasteiger partial charge is 0.240 e. The van der Waals surface area contributed by atoms with Gasteiger partial charge in [-0.05, 0) is 41.7 Å². The van der Waals surface area contributed by atoms with Crippen LogP contribution in [-0.2, 0) is 36.6 Å². The molecule has 12 heteroatoms. The lowest BCUT2D eigenvalue weighted by Gasteiger charge is -2.19. The molecule has 1 atom stereocenters. The lowest BCUT2D eigenvalue weighted by Crippen LogP contribution is -3.00. The van der Waals surface area contributed by atoms with Gasteiger partial charge in [-0.2, -0.15) is 0 Å². The van der Waals surface area contributed by atoms with Crippen molar-refractivity contribution in [2.75, 3.05) is 19.8 Å². The van der Waals surface area contributed by atoms with Gasteiger partial charge in [0.05, 0.1) is 25.5 Å². The molecule has 0 heterocycles. The third kappa shape index (κ3) is 11.4. The first-order chi connectivity index (χ1) is 17.8. The Hall–Kier alpha value is -2.62. The summed E-state index contributed by atoms with van der Waals surface area (Å²) in [5.41, 5.74) is 3.68. The first-order valence-corrected chi connectivity index (χ1v) is 13.5. The minimum absolute atomic E-state index is 0. The van der Waals surface area contributed by atoms with Crippen LogP contribution < -0.4 is 44.8 Å².